The molecule has 0 aromatic rings. The molecule has 2 atom stereocenters. The Labute approximate surface area is 359 Å². The fraction of sp³-hybridized carbons (Fsp3) is 0.549. The lowest BCUT2D eigenvalue weighted by Gasteiger charge is -2.31. The lowest BCUT2D eigenvalue weighted by molar-refractivity contribution is -0.887. The number of allylic oxidation sites excluding steroid dienone is 20. The van der Waals surface area contributed by atoms with Crippen LogP contribution in [0, 0.1) is 0 Å². The first-order chi connectivity index (χ1) is 28.6. The summed E-state index contributed by atoms with van der Waals surface area (Å²) in [6.45, 7) is 4.38. The Balaban J connectivity index is 4.50. The molecule has 0 radical (unpaired) electrons. The summed E-state index contributed by atoms with van der Waals surface area (Å²) in [7, 11) is 5.49. The Morgan fingerprint density at radius 2 is 0.983 bits per heavy atom. The minimum atomic E-state index is -0.891. The van der Waals surface area contributed by atoms with E-state index in [0.29, 0.717) is 25.7 Å². The monoisotopic (exact) mass is 819 g/mol. The molecule has 0 aliphatic carbocycles. The number of carbonyl (C=O) groups is 3. The third-order valence-corrected chi connectivity index (χ3v) is 9.05. The SMILES string of the molecule is CC/C=C/C=C/C=C/C=C/C=C/C=C/C=C/CCCCCC(=O)OCC(COCCC(C(=O)O)[N+](C)(C)C)OC(=O)CCCCCCCC/C=C/C/C=C/C/C=C/CC. The number of carboxylic acid groups (broad SMARTS) is 1. The van der Waals surface area contributed by atoms with Crippen LogP contribution in [0.5, 0.6) is 0 Å². The highest BCUT2D eigenvalue weighted by Crippen LogP contribution is 2.12. The molecule has 0 saturated carbocycles. The van der Waals surface area contributed by atoms with Crippen molar-refractivity contribution in [2.24, 2.45) is 0 Å². The molecular formula is C51H80NO7+. The lowest BCUT2D eigenvalue weighted by atomic mass is 10.1. The van der Waals surface area contributed by atoms with Gasteiger partial charge in [-0.1, -0.05) is 167 Å². The van der Waals surface area contributed by atoms with E-state index in [2.05, 4.69) is 62.5 Å². The molecule has 1 N–H and O–H groups in total. The number of unbranched alkanes of at least 4 members (excludes halogenated alkanes) is 9. The molecule has 0 spiro atoms. The summed E-state index contributed by atoms with van der Waals surface area (Å²) in [4.78, 5) is 37.0. The van der Waals surface area contributed by atoms with Crippen LogP contribution in [-0.2, 0) is 28.6 Å². The van der Waals surface area contributed by atoms with Crippen molar-refractivity contribution in [1.29, 1.82) is 0 Å². The number of quaternary nitrogens is 1. The highest BCUT2D eigenvalue weighted by molar-refractivity contribution is 5.72. The van der Waals surface area contributed by atoms with Gasteiger partial charge in [-0.15, -0.1) is 0 Å². The summed E-state index contributed by atoms with van der Waals surface area (Å²) in [6, 6.07) is -0.633. The molecule has 2 unspecified atom stereocenters. The quantitative estimate of drug-likeness (QED) is 0.0219. The van der Waals surface area contributed by atoms with Crippen LogP contribution in [0.4, 0.5) is 0 Å². The number of carbonyl (C=O) groups excluding carboxylic acids is 2. The zero-order valence-corrected chi connectivity index (χ0v) is 37.4. The molecule has 0 fully saturated rings. The molecule has 8 nitrogen and oxygen atoms in total. The van der Waals surface area contributed by atoms with E-state index < -0.39 is 18.1 Å². The number of likely N-dealkylation sites (N-methyl/N-ethyl adjacent to an activating group) is 1. The van der Waals surface area contributed by atoms with Crippen molar-refractivity contribution in [3.8, 4) is 0 Å². The molecule has 59 heavy (non-hydrogen) atoms. The minimum absolute atomic E-state index is 0.0311. The van der Waals surface area contributed by atoms with Gasteiger partial charge < -0.3 is 23.8 Å². The normalized spacial score (nSPS) is 14.1. The van der Waals surface area contributed by atoms with Crippen molar-refractivity contribution >= 4 is 17.9 Å². The van der Waals surface area contributed by atoms with Gasteiger partial charge in [-0.25, -0.2) is 4.79 Å². The molecule has 0 saturated heterocycles. The zero-order chi connectivity index (χ0) is 43.5. The van der Waals surface area contributed by atoms with Crippen molar-refractivity contribution < 1.29 is 38.2 Å². The van der Waals surface area contributed by atoms with E-state index in [9.17, 15) is 19.5 Å². The highest BCUT2D eigenvalue weighted by Gasteiger charge is 2.31. The van der Waals surface area contributed by atoms with Crippen molar-refractivity contribution in [2.75, 3.05) is 41.0 Å². The number of carboxylic acids is 1. The second-order valence-corrected chi connectivity index (χ2v) is 15.4. The van der Waals surface area contributed by atoms with Gasteiger partial charge in [0.25, 0.3) is 0 Å². The number of aliphatic carboxylic acids is 1. The number of rotatable bonds is 37. The molecule has 0 aliphatic rings. The van der Waals surface area contributed by atoms with Gasteiger partial charge in [0.2, 0.25) is 0 Å². The smallest absolute Gasteiger partial charge is 0.362 e. The largest absolute Gasteiger partial charge is 0.477 e. The second kappa shape index (κ2) is 40.5. The molecule has 0 amide bonds. The maximum Gasteiger partial charge on any atom is 0.362 e. The van der Waals surface area contributed by atoms with Gasteiger partial charge >= 0.3 is 17.9 Å². The van der Waals surface area contributed by atoms with Crippen LogP contribution in [0.2, 0.25) is 0 Å². The van der Waals surface area contributed by atoms with Crippen molar-refractivity contribution in [3.05, 3.63) is 122 Å². The van der Waals surface area contributed by atoms with Gasteiger partial charge in [0.15, 0.2) is 12.1 Å². The van der Waals surface area contributed by atoms with Crippen LogP contribution in [0.3, 0.4) is 0 Å². The number of ether oxygens (including phenoxy) is 3. The summed E-state index contributed by atoms with van der Waals surface area (Å²) in [5, 5.41) is 9.62. The van der Waals surface area contributed by atoms with Crippen LogP contribution in [-0.4, -0.2) is 80.6 Å². The minimum Gasteiger partial charge on any atom is -0.477 e. The van der Waals surface area contributed by atoms with E-state index in [0.717, 1.165) is 77.0 Å². The Bertz CT molecular complexity index is 1370. The summed E-state index contributed by atoms with van der Waals surface area (Å²) in [5.74, 6) is -1.56. The average molecular weight is 819 g/mol. The van der Waals surface area contributed by atoms with E-state index in [4.69, 9.17) is 14.2 Å². The lowest BCUT2D eigenvalue weighted by Crippen LogP contribution is -2.50. The van der Waals surface area contributed by atoms with E-state index in [1.165, 1.54) is 12.8 Å². The molecular weight excluding hydrogens is 739 g/mol. The summed E-state index contributed by atoms with van der Waals surface area (Å²) >= 11 is 0. The molecule has 0 aromatic heterocycles. The average Bonchev–Trinajstić information content (AvgIpc) is 3.19. The Hall–Kier alpha value is -4.27. The van der Waals surface area contributed by atoms with Gasteiger partial charge in [-0.3, -0.25) is 9.59 Å². The van der Waals surface area contributed by atoms with Gasteiger partial charge in [-0.2, -0.15) is 0 Å². The molecule has 8 heteroatoms. The third-order valence-electron chi connectivity index (χ3n) is 9.05. The third kappa shape index (κ3) is 39.0. The van der Waals surface area contributed by atoms with Crippen LogP contribution >= 0.6 is 0 Å². The summed E-state index contributed by atoms with van der Waals surface area (Å²) < 4.78 is 17.2. The fourth-order valence-corrected chi connectivity index (χ4v) is 5.68. The molecule has 0 aromatic carbocycles. The number of esters is 2. The Kier molecular flexibility index (Phi) is 37.6. The molecule has 0 heterocycles. The molecule has 0 rings (SSSR count). The first-order valence-corrected chi connectivity index (χ1v) is 22.2. The summed E-state index contributed by atoms with van der Waals surface area (Å²) in [6.07, 6.45) is 56.6. The second-order valence-electron chi connectivity index (χ2n) is 15.4. The van der Waals surface area contributed by atoms with E-state index in [1.807, 2.05) is 94.1 Å². The van der Waals surface area contributed by atoms with Gasteiger partial charge in [0, 0.05) is 19.3 Å². The maximum atomic E-state index is 12.7. The predicted molar refractivity (Wildman–Crippen MR) is 247 cm³/mol. The van der Waals surface area contributed by atoms with Gasteiger partial charge in [0.1, 0.15) is 6.61 Å². The van der Waals surface area contributed by atoms with Crippen molar-refractivity contribution in [2.45, 2.75) is 142 Å². The standard InChI is InChI=1S/C51H79NO7/c1-6-8-10-12-14-16-18-20-22-24-25-26-28-29-31-33-35-37-39-41-49(53)58-46-47(45-57-44-43-48(51(55)56)52(3,4)5)59-50(54)42-40-38-36-34-32-30-27-23-21-19-17-15-13-11-9-7-2/h8-12,14-18,20-26,28-29,31,47-48H,6-7,13,19,27,30,32-46H2,1-5H3/p+1/b10-8+,11-9+,14-12+,17-15+,18-16+,22-20+,23-21+,25-24+,28-26+,31-29+. The van der Waals surface area contributed by atoms with E-state index in [1.54, 1.807) is 0 Å². The molecule has 0 bridgehead atoms. The molecule has 330 valence electrons. The highest BCUT2D eigenvalue weighted by atomic mass is 16.6. The van der Waals surface area contributed by atoms with Crippen LogP contribution in [0.25, 0.3) is 0 Å². The first kappa shape index (κ1) is 54.7. The Morgan fingerprint density at radius 3 is 1.54 bits per heavy atom. The van der Waals surface area contributed by atoms with E-state index in [-0.39, 0.29) is 36.2 Å². The van der Waals surface area contributed by atoms with Crippen molar-refractivity contribution in [1.82, 2.24) is 0 Å². The maximum absolute atomic E-state index is 12.7. The first-order valence-electron chi connectivity index (χ1n) is 22.2. The Morgan fingerprint density at radius 1 is 0.525 bits per heavy atom. The van der Waals surface area contributed by atoms with Crippen molar-refractivity contribution in [3.63, 3.8) is 0 Å². The van der Waals surface area contributed by atoms with Gasteiger partial charge in [-0.05, 0) is 64.2 Å². The zero-order valence-electron chi connectivity index (χ0n) is 37.4. The van der Waals surface area contributed by atoms with Crippen LogP contribution in [0.15, 0.2) is 122 Å². The topological polar surface area (TPSA) is 99.1 Å². The number of hydrogen-bond donors (Lipinski definition) is 1. The fourth-order valence-electron chi connectivity index (χ4n) is 5.68. The van der Waals surface area contributed by atoms with Gasteiger partial charge in [0.05, 0.1) is 34.4 Å². The predicted octanol–water partition coefficient (Wildman–Crippen LogP) is 12.2. The van der Waals surface area contributed by atoms with Crippen LogP contribution < -0.4 is 0 Å². The summed E-state index contributed by atoms with van der Waals surface area (Å²) in [5.41, 5.74) is 0. The molecule has 0 aliphatic heterocycles. The van der Waals surface area contributed by atoms with E-state index >= 15 is 0 Å². The van der Waals surface area contributed by atoms with Crippen LogP contribution in [0.1, 0.15) is 129 Å². The number of hydrogen-bond acceptors (Lipinski definition) is 6. The number of nitrogens with zero attached hydrogens (tertiary/aromatic N) is 1.